The Morgan fingerprint density at radius 3 is 0.973 bits per heavy atom. The Hall–Kier alpha value is -0.261. The molecule has 2 unspecified atom stereocenters. The molecule has 4 radical (unpaired) electrons. The van der Waals surface area contributed by atoms with Crippen molar-refractivity contribution in [1.82, 2.24) is 0 Å². The molecule has 0 spiro atoms. The minimum Gasteiger partial charge on any atom is -0.550 e. The average molecular weight is 632 g/mol. The van der Waals surface area contributed by atoms with Gasteiger partial charge in [0.2, 0.25) is 0 Å². The molecule has 4 nitrogen and oxygen atoms in total. The van der Waals surface area contributed by atoms with E-state index in [9.17, 15) is 19.8 Å². The second kappa shape index (κ2) is 42.8. The standard InChI is InChI=1S/2C8H16O2.2C8H17.Sn/c2*1-3-5-6-7(4-2)8(9)10;2*1-3-5-7-8-6-4-2;/h2*7H,3-6H2,1-2H3,(H,9,10);2*1,3-8H2,2H3;/q;;;;+2/p-2. The Bertz CT molecular complexity index is 366. The number of unbranched alkanes of at least 4 members (excludes halogenated alkanes) is 12. The van der Waals surface area contributed by atoms with Gasteiger partial charge in [0.1, 0.15) is 0 Å². The normalized spacial score (nSPS) is 11.2. The summed E-state index contributed by atoms with van der Waals surface area (Å²) in [5.74, 6) is -2.23. The summed E-state index contributed by atoms with van der Waals surface area (Å²) < 4.78 is 0. The fourth-order valence-electron chi connectivity index (χ4n) is 3.44. The Balaban J connectivity index is -0.000000123. The predicted molar refractivity (Wildman–Crippen MR) is 160 cm³/mol. The smallest absolute Gasteiger partial charge is 0.550 e. The number of hydrogen-bond acceptors (Lipinski definition) is 4. The maximum Gasteiger partial charge on any atom is 2.00 e. The molecule has 0 aliphatic heterocycles. The van der Waals surface area contributed by atoms with E-state index in [4.69, 9.17) is 0 Å². The van der Waals surface area contributed by atoms with Gasteiger partial charge in [-0.05, 0) is 37.5 Å². The molecule has 0 amide bonds. The van der Waals surface area contributed by atoms with E-state index < -0.39 is 11.9 Å². The van der Waals surface area contributed by atoms with Crippen LogP contribution in [0.3, 0.4) is 0 Å². The number of hydrogen-bond donors (Lipinski definition) is 0. The average Bonchev–Trinajstić information content (AvgIpc) is 2.86. The second-order valence-corrected chi connectivity index (χ2v) is 9.67. The number of carbonyl (C=O) groups excluding carboxylic acids is 2. The van der Waals surface area contributed by atoms with Gasteiger partial charge >= 0.3 is 23.9 Å². The molecule has 0 aliphatic rings. The third kappa shape index (κ3) is 46.0. The van der Waals surface area contributed by atoms with E-state index in [2.05, 4.69) is 41.5 Å². The summed E-state index contributed by atoms with van der Waals surface area (Å²) in [6, 6.07) is 0. The summed E-state index contributed by atoms with van der Waals surface area (Å²) in [5.41, 5.74) is 0. The number of aliphatic carboxylic acids is 2. The monoisotopic (exact) mass is 632 g/mol. The van der Waals surface area contributed by atoms with Gasteiger partial charge in [-0.2, -0.15) is 0 Å². The first kappa shape index (κ1) is 46.6. The first-order valence-electron chi connectivity index (χ1n) is 15.3. The van der Waals surface area contributed by atoms with Gasteiger partial charge in [0, 0.05) is 11.9 Å². The van der Waals surface area contributed by atoms with Gasteiger partial charge in [-0.25, -0.2) is 0 Å². The van der Waals surface area contributed by atoms with Crippen molar-refractivity contribution in [3.05, 3.63) is 13.8 Å². The number of rotatable bonds is 20. The molecular formula is C32H64O4Sn. The van der Waals surface area contributed by atoms with E-state index >= 15 is 0 Å². The largest absolute Gasteiger partial charge is 2.00 e. The topological polar surface area (TPSA) is 80.3 Å². The Morgan fingerprint density at radius 1 is 0.514 bits per heavy atom. The summed E-state index contributed by atoms with van der Waals surface area (Å²) in [5, 5.41) is 20.7. The van der Waals surface area contributed by atoms with Gasteiger partial charge < -0.3 is 19.8 Å². The summed E-state index contributed by atoms with van der Waals surface area (Å²) in [7, 11) is 0. The summed E-state index contributed by atoms with van der Waals surface area (Å²) >= 11 is 0. The molecule has 0 aromatic rings. The van der Waals surface area contributed by atoms with Gasteiger partial charge in [-0.1, -0.05) is 158 Å². The van der Waals surface area contributed by atoms with Crippen molar-refractivity contribution in [2.45, 2.75) is 170 Å². The number of carboxylic acid groups (broad SMARTS) is 2. The van der Waals surface area contributed by atoms with Gasteiger partial charge in [-0.3, -0.25) is 0 Å². The SMILES string of the molecule is CCCCC(CC)C(=O)[O-].CCCCC(CC)C(=O)[O-].[CH2]CCCCCCC.[CH2]CCCCCCC.[Sn+2]. The number of carboxylic acids is 2. The minimum absolute atomic E-state index is 0. The summed E-state index contributed by atoms with van der Waals surface area (Å²) in [6.07, 6.45) is 23.0. The third-order valence-corrected chi connectivity index (χ3v) is 6.17. The molecular weight excluding hydrogens is 567 g/mol. The zero-order valence-electron chi connectivity index (χ0n) is 25.8. The van der Waals surface area contributed by atoms with Crippen molar-refractivity contribution in [2.75, 3.05) is 0 Å². The van der Waals surface area contributed by atoms with E-state index in [0.717, 1.165) is 51.4 Å². The molecule has 0 aromatic heterocycles. The van der Waals surface area contributed by atoms with Gasteiger partial charge in [0.25, 0.3) is 0 Å². The second-order valence-electron chi connectivity index (χ2n) is 9.67. The van der Waals surface area contributed by atoms with Crippen molar-refractivity contribution in [1.29, 1.82) is 0 Å². The van der Waals surface area contributed by atoms with Crippen molar-refractivity contribution in [3.63, 3.8) is 0 Å². The zero-order chi connectivity index (χ0) is 28.5. The summed E-state index contributed by atoms with van der Waals surface area (Å²) in [6.45, 7) is 19.9. The van der Waals surface area contributed by atoms with E-state index in [0.29, 0.717) is 12.8 Å². The van der Waals surface area contributed by atoms with Crippen LogP contribution in [0.15, 0.2) is 0 Å². The fraction of sp³-hybridized carbons (Fsp3) is 0.875. The molecule has 0 N–H and O–H groups in total. The summed E-state index contributed by atoms with van der Waals surface area (Å²) in [4.78, 5) is 20.7. The molecule has 0 saturated carbocycles. The van der Waals surface area contributed by atoms with E-state index in [1.54, 1.807) is 0 Å². The van der Waals surface area contributed by atoms with Gasteiger partial charge in [0.05, 0.1) is 0 Å². The minimum atomic E-state index is -0.893. The Labute approximate surface area is 250 Å². The van der Waals surface area contributed by atoms with Crippen LogP contribution >= 0.6 is 0 Å². The van der Waals surface area contributed by atoms with Crippen LogP contribution in [0.4, 0.5) is 0 Å². The third-order valence-electron chi connectivity index (χ3n) is 6.17. The van der Waals surface area contributed by atoms with Crippen molar-refractivity contribution < 1.29 is 19.8 Å². The molecule has 0 heterocycles. The number of carbonyl (C=O) groups is 2. The molecule has 220 valence electrons. The van der Waals surface area contributed by atoms with E-state index in [1.165, 1.54) is 64.2 Å². The quantitative estimate of drug-likeness (QED) is 0.101. The maximum atomic E-state index is 10.3. The van der Waals surface area contributed by atoms with Crippen molar-refractivity contribution in [3.8, 4) is 0 Å². The first-order valence-corrected chi connectivity index (χ1v) is 15.3. The van der Waals surface area contributed by atoms with Crippen LogP contribution in [0.5, 0.6) is 0 Å². The Morgan fingerprint density at radius 2 is 0.784 bits per heavy atom. The zero-order valence-corrected chi connectivity index (χ0v) is 28.7. The van der Waals surface area contributed by atoms with Crippen LogP contribution in [0.2, 0.25) is 0 Å². The predicted octanol–water partition coefficient (Wildman–Crippen LogP) is 7.89. The molecule has 0 aromatic carbocycles. The molecule has 0 fully saturated rings. The molecule has 5 heteroatoms. The van der Waals surface area contributed by atoms with Crippen LogP contribution in [-0.4, -0.2) is 35.8 Å². The fourth-order valence-corrected chi connectivity index (χ4v) is 3.44. The molecule has 37 heavy (non-hydrogen) atoms. The molecule has 0 saturated heterocycles. The van der Waals surface area contributed by atoms with Crippen LogP contribution in [0.25, 0.3) is 0 Å². The van der Waals surface area contributed by atoms with Crippen LogP contribution < -0.4 is 10.2 Å². The van der Waals surface area contributed by atoms with Crippen molar-refractivity contribution >= 4 is 35.8 Å². The molecule has 2 atom stereocenters. The van der Waals surface area contributed by atoms with Crippen molar-refractivity contribution in [2.24, 2.45) is 11.8 Å². The van der Waals surface area contributed by atoms with Gasteiger partial charge in [-0.15, -0.1) is 0 Å². The maximum absolute atomic E-state index is 10.3. The molecule has 0 aliphatic carbocycles. The van der Waals surface area contributed by atoms with Crippen LogP contribution in [-0.2, 0) is 9.59 Å². The Kier molecular flexibility index (Phi) is 53.9. The molecule has 0 rings (SSSR count). The van der Waals surface area contributed by atoms with Crippen LogP contribution in [0, 0.1) is 25.7 Å². The van der Waals surface area contributed by atoms with E-state index in [-0.39, 0.29) is 35.7 Å². The van der Waals surface area contributed by atoms with E-state index in [1.807, 2.05) is 13.8 Å². The van der Waals surface area contributed by atoms with Crippen LogP contribution in [0.1, 0.15) is 170 Å². The molecule has 0 bridgehead atoms. The first-order chi connectivity index (χ1) is 17.3. The van der Waals surface area contributed by atoms with Gasteiger partial charge in [0.15, 0.2) is 0 Å².